The van der Waals surface area contributed by atoms with Gasteiger partial charge in [0.1, 0.15) is 5.82 Å². The molecule has 0 aliphatic carbocycles. The van der Waals surface area contributed by atoms with Crippen molar-refractivity contribution in [2.24, 2.45) is 0 Å². The van der Waals surface area contributed by atoms with Crippen LogP contribution in [0.4, 0.5) is 5.69 Å². The number of rotatable bonds is 2. The zero-order valence-electron chi connectivity index (χ0n) is 11.8. The minimum atomic E-state index is 0.310. The number of anilines is 1. The third-order valence-corrected chi connectivity index (χ3v) is 4.53. The molecule has 0 bridgehead atoms. The second-order valence-electron chi connectivity index (χ2n) is 5.30. The van der Waals surface area contributed by atoms with Crippen molar-refractivity contribution in [2.45, 2.75) is 19.8 Å². The quantitative estimate of drug-likeness (QED) is 0.588. The second kappa shape index (κ2) is 5.46. The molecule has 2 aromatic carbocycles. The highest BCUT2D eigenvalue weighted by atomic mass is 79.9. The van der Waals surface area contributed by atoms with Crippen molar-refractivity contribution < 1.29 is 0 Å². The Kier molecular flexibility index (Phi) is 3.80. The lowest BCUT2D eigenvalue weighted by molar-refractivity contribution is 0.759. The fraction of sp³-hybridized carbons (Fsp3) is 0.188. The number of imidazole rings is 1. The molecule has 0 spiro atoms. The van der Waals surface area contributed by atoms with Crippen LogP contribution in [0.3, 0.4) is 0 Å². The Balaban J connectivity index is 2.39. The topological polar surface area (TPSA) is 43.8 Å². The van der Waals surface area contributed by atoms with E-state index in [0.29, 0.717) is 5.92 Å². The van der Waals surface area contributed by atoms with Gasteiger partial charge < -0.3 is 5.73 Å². The average Bonchev–Trinajstić information content (AvgIpc) is 2.80. The van der Waals surface area contributed by atoms with Crippen LogP contribution in [-0.2, 0) is 0 Å². The molecule has 1 aromatic heterocycles. The van der Waals surface area contributed by atoms with Crippen molar-refractivity contribution in [1.29, 1.82) is 0 Å². The van der Waals surface area contributed by atoms with Gasteiger partial charge in [-0.15, -0.1) is 0 Å². The van der Waals surface area contributed by atoms with Gasteiger partial charge in [-0.2, -0.15) is 0 Å². The Morgan fingerprint density at radius 3 is 2.57 bits per heavy atom. The molecule has 21 heavy (non-hydrogen) atoms. The molecular weight excluding hydrogens is 394 g/mol. The average molecular weight is 409 g/mol. The van der Waals surface area contributed by atoms with Crippen molar-refractivity contribution in [3.05, 3.63) is 51.2 Å². The number of hydrogen-bond donors (Lipinski definition) is 1. The number of aromatic nitrogens is 2. The number of benzene rings is 2. The van der Waals surface area contributed by atoms with Crippen molar-refractivity contribution in [3.63, 3.8) is 0 Å². The van der Waals surface area contributed by atoms with Crippen LogP contribution < -0.4 is 5.73 Å². The molecule has 3 rings (SSSR count). The predicted molar refractivity (Wildman–Crippen MR) is 95.0 cm³/mol. The first kappa shape index (κ1) is 14.6. The highest BCUT2D eigenvalue weighted by Crippen LogP contribution is 2.32. The first-order chi connectivity index (χ1) is 9.97. The first-order valence-electron chi connectivity index (χ1n) is 6.70. The number of nitrogen functional groups attached to an aromatic ring is 1. The monoisotopic (exact) mass is 407 g/mol. The van der Waals surface area contributed by atoms with Crippen LogP contribution in [0.25, 0.3) is 16.7 Å². The SMILES string of the molecule is CC(C)c1nc2cc(N)ccc2n1-c1cc(Br)ccc1Br. The summed E-state index contributed by atoms with van der Waals surface area (Å²) in [5, 5.41) is 0. The van der Waals surface area contributed by atoms with E-state index >= 15 is 0 Å². The maximum absolute atomic E-state index is 5.89. The minimum Gasteiger partial charge on any atom is -0.399 e. The number of halogens is 2. The minimum absolute atomic E-state index is 0.310. The van der Waals surface area contributed by atoms with Crippen molar-refractivity contribution >= 4 is 48.6 Å². The Hall–Kier alpha value is -1.33. The molecular formula is C16H15Br2N3. The smallest absolute Gasteiger partial charge is 0.117 e. The maximum atomic E-state index is 5.89. The summed E-state index contributed by atoms with van der Waals surface area (Å²) in [6, 6.07) is 12.0. The van der Waals surface area contributed by atoms with Gasteiger partial charge in [0.2, 0.25) is 0 Å². The molecule has 108 valence electrons. The Morgan fingerprint density at radius 1 is 1.10 bits per heavy atom. The summed E-state index contributed by atoms with van der Waals surface area (Å²) >= 11 is 7.19. The molecule has 3 nitrogen and oxygen atoms in total. The van der Waals surface area contributed by atoms with E-state index in [2.05, 4.69) is 56.3 Å². The molecule has 0 saturated heterocycles. The van der Waals surface area contributed by atoms with Crippen molar-refractivity contribution in [2.75, 3.05) is 5.73 Å². The van der Waals surface area contributed by atoms with Gasteiger partial charge in [-0.25, -0.2) is 4.98 Å². The van der Waals surface area contributed by atoms with Gasteiger partial charge in [0, 0.05) is 20.6 Å². The van der Waals surface area contributed by atoms with Crippen LogP contribution in [0.1, 0.15) is 25.6 Å². The molecule has 2 N–H and O–H groups in total. The summed E-state index contributed by atoms with van der Waals surface area (Å²) < 4.78 is 4.25. The lowest BCUT2D eigenvalue weighted by Crippen LogP contribution is -2.03. The second-order valence-corrected chi connectivity index (χ2v) is 7.07. The molecule has 3 aromatic rings. The van der Waals surface area contributed by atoms with Crippen LogP contribution in [0, 0.1) is 0 Å². The Labute approximate surface area is 140 Å². The fourth-order valence-electron chi connectivity index (χ4n) is 2.41. The highest BCUT2D eigenvalue weighted by Gasteiger charge is 2.17. The highest BCUT2D eigenvalue weighted by molar-refractivity contribution is 9.11. The normalized spacial score (nSPS) is 11.5. The molecule has 0 aliphatic heterocycles. The largest absolute Gasteiger partial charge is 0.399 e. The summed E-state index contributed by atoms with van der Waals surface area (Å²) in [7, 11) is 0. The van der Waals surface area contributed by atoms with Gasteiger partial charge in [0.05, 0.1) is 16.7 Å². The van der Waals surface area contributed by atoms with Crippen molar-refractivity contribution in [1.82, 2.24) is 9.55 Å². The summed E-state index contributed by atoms with van der Waals surface area (Å²) in [6.07, 6.45) is 0. The number of nitrogens with two attached hydrogens (primary N) is 1. The van der Waals surface area contributed by atoms with Gasteiger partial charge in [0.25, 0.3) is 0 Å². The molecule has 0 aliphatic rings. The van der Waals surface area contributed by atoms with Gasteiger partial charge in [0.15, 0.2) is 0 Å². The third-order valence-electron chi connectivity index (χ3n) is 3.37. The van der Waals surface area contributed by atoms with Gasteiger partial charge in [-0.3, -0.25) is 4.57 Å². The van der Waals surface area contributed by atoms with E-state index in [1.54, 1.807) is 0 Å². The molecule has 0 saturated carbocycles. The molecule has 0 unspecified atom stereocenters. The van der Waals surface area contributed by atoms with E-state index in [-0.39, 0.29) is 0 Å². The molecule has 0 radical (unpaired) electrons. The zero-order chi connectivity index (χ0) is 15.1. The lowest BCUT2D eigenvalue weighted by atomic mass is 10.2. The van der Waals surface area contributed by atoms with E-state index in [1.807, 2.05) is 30.3 Å². The third kappa shape index (κ3) is 2.60. The van der Waals surface area contributed by atoms with E-state index in [0.717, 1.165) is 37.2 Å². The molecule has 1 heterocycles. The van der Waals surface area contributed by atoms with Crippen LogP contribution >= 0.6 is 31.9 Å². The number of hydrogen-bond acceptors (Lipinski definition) is 2. The molecule has 5 heteroatoms. The lowest BCUT2D eigenvalue weighted by Gasteiger charge is -2.13. The fourth-order valence-corrected chi connectivity index (χ4v) is 3.19. The van der Waals surface area contributed by atoms with Crippen LogP contribution in [0.15, 0.2) is 45.3 Å². The van der Waals surface area contributed by atoms with Crippen LogP contribution in [0.5, 0.6) is 0 Å². The van der Waals surface area contributed by atoms with E-state index in [4.69, 9.17) is 10.7 Å². The van der Waals surface area contributed by atoms with E-state index in [1.165, 1.54) is 0 Å². The maximum Gasteiger partial charge on any atom is 0.117 e. The van der Waals surface area contributed by atoms with Gasteiger partial charge in [-0.05, 0) is 52.3 Å². The summed E-state index contributed by atoms with van der Waals surface area (Å²) in [6.45, 7) is 4.29. The first-order valence-corrected chi connectivity index (χ1v) is 8.29. The molecule has 0 fully saturated rings. The number of nitrogens with zero attached hydrogens (tertiary/aromatic N) is 2. The standard InChI is InChI=1S/C16H15Br2N3/c1-9(2)16-20-13-8-11(19)4-6-14(13)21(16)15-7-10(17)3-5-12(15)18/h3-9H,19H2,1-2H3. The molecule has 0 amide bonds. The zero-order valence-corrected chi connectivity index (χ0v) is 14.9. The Bertz CT molecular complexity index is 822. The van der Waals surface area contributed by atoms with E-state index < -0.39 is 0 Å². The molecule has 0 atom stereocenters. The predicted octanol–water partition coefficient (Wildman–Crippen LogP) is 5.26. The summed E-state index contributed by atoms with van der Waals surface area (Å²) in [5.41, 5.74) is 9.67. The van der Waals surface area contributed by atoms with Crippen LogP contribution in [0.2, 0.25) is 0 Å². The van der Waals surface area contributed by atoms with E-state index in [9.17, 15) is 0 Å². The number of fused-ring (bicyclic) bond motifs is 1. The van der Waals surface area contributed by atoms with Crippen molar-refractivity contribution in [3.8, 4) is 5.69 Å². The Morgan fingerprint density at radius 2 is 1.86 bits per heavy atom. The van der Waals surface area contributed by atoms with Gasteiger partial charge >= 0.3 is 0 Å². The van der Waals surface area contributed by atoms with Crippen LogP contribution in [-0.4, -0.2) is 9.55 Å². The summed E-state index contributed by atoms with van der Waals surface area (Å²) in [5.74, 6) is 1.33. The van der Waals surface area contributed by atoms with Gasteiger partial charge in [-0.1, -0.05) is 29.8 Å². The summed E-state index contributed by atoms with van der Waals surface area (Å²) in [4.78, 5) is 4.77.